The van der Waals surface area contributed by atoms with Crippen molar-refractivity contribution in [2.45, 2.75) is 0 Å². The van der Waals surface area contributed by atoms with Gasteiger partial charge >= 0.3 is 5.84 Å². The molecule has 9 aromatic carbocycles. The summed E-state index contributed by atoms with van der Waals surface area (Å²) in [7, 11) is 0. The van der Waals surface area contributed by atoms with Crippen molar-refractivity contribution in [3.05, 3.63) is 231 Å². The van der Waals surface area contributed by atoms with Gasteiger partial charge in [0.1, 0.15) is 0 Å². The fourth-order valence-electron chi connectivity index (χ4n) is 11.3. The molecule has 0 aliphatic heterocycles. The maximum absolute atomic E-state index is 6.60. The lowest BCUT2D eigenvalue weighted by molar-refractivity contribution is 0.644. The molecular formula is C65H38N4O. The second kappa shape index (κ2) is 15.0. The number of fused-ring (bicyclic) bond motifs is 21. The van der Waals surface area contributed by atoms with E-state index in [-0.39, 0.29) is 0 Å². The lowest BCUT2D eigenvalue weighted by Crippen LogP contribution is -2.00. The Morgan fingerprint density at radius 1 is 0.286 bits per heavy atom. The Morgan fingerprint density at radius 2 is 0.686 bits per heavy atom. The first kappa shape index (κ1) is 38.6. The average molecular weight is 891 g/mol. The van der Waals surface area contributed by atoms with Gasteiger partial charge in [-0.05, 0) is 149 Å². The van der Waals surface area contributed by atoms with Gasteiger partial charge in [-0.15, -0.1) is 0 Å². The first-order chi connectivity index (χ1) is 34.7. The SMILES string of the molecule is c1cc(-c2ccc3c(c2)-c2ccccc2-c2ccccc2-c2cc(-c4cccc5c4oc4nc6ccccc6n45)ccc2-3)cc(-c2ccc3c(c2)-c2cccnc2-c2ncccc2-c2ccccc2-3)c1. The van der Waals surface area contributed by atoms with Gasteiger partial charge in [0.15, 0.2) is 5.58 Å². The van der Waals surface area contributed by atoms with Gasteiger partial charge in [0, 0.05) is 29.1 Å². The molecule has 2 aliphatic carbocycles. The summed E-state index contributed by atoms with van der Waals surface area (Å²) in [4.78, 5) is 14.7. The molecule has 5 heteroatoms. The summed E-state index contributed by atoms with van der Waals surface area (Å²) in [6.07, 6.45) is 3.74. The Hall–Kier alpha value is -9.45. The van der Waals surface area contributed by atoms with Crippen LogP contribution in [0.15, 0.2) is 235 Å². The number of benzene rings is 9. The van der Waals surface area contributed by atoms with Crippen LogP contribution in [0.5, 0.6) is 0 Å². The minimum absolute atomic E-state index is 0.597. The number of hydrogen-bond donors (Lipinski definition) is 0. The number of rotatable bonds is 3. The maximum atomic E-state index is 6.60. The summed E-state index contributed by atoms with van der Waals surface area (Å²) in [6, 6.07) is 79.1. The molecule has 5 nitrogen and oxygen atoms in total. The Bertz CT molecular complexity index is 4320. The summed E-state index contributed by atoms with van der Waals surface area (Å²) < 4.78 is 8.72. The van der Waals surface area contributed by atoms with Gasteiger partial charge in [-0.3, -0.25) is 14.4 Å². The van der Waals surface area contributed by atoms with Gasteiger partial charge in [-0.2, -0.15) is 4.98 Å². The molecule has 0 spiro atoms. The number of para-hydroxylation sites is 3. The van der Waals surface area contributed by atoms with Crippen LogP contribution in [0.4, 0.5) is 0 Å². The molecule has 0 unspecified atom stereocenters. The average Bonchev–Trinajstić information content (AvgIpc) is 3.99. The molecule has 70 heavy (non-hydrogen) atoms. The molecule has 2 aliphatic rings. The first-order valence-corrected chi connectivity index (χ1v) is 23.7. The highest BCUT2D eigenvalue weighted by molar-refractivity contribution is 6.06. The zero-order valence-electron chi connectivity index (χ0n) is 37.6. The quantitative estimate of drug-likeness (QED) is 0.177. The number of hydrogen-bond acceptors (Lipinski definition) is 4. The fourth-order valence-corrected chi connectivity index (χ4v) is 11.3. The predicted octanol–water partition coefficient (Wildman–Crippen LogP) is 17.0. The zero-order chi connectivity index (χ0) is 45.9. The highest BCUT2D eigenvalue weighted by Crippen LogP contribution is 2.51. The van der Waals surface area contributed by atoms with Crippen molar-refractivity contribution in [2.24, 2.45) is 0 Å². The van der Waals surface area contributed by atoms with E-state index >= 15 is 0 Å². The largest absolute Gasteiger partial charge is 0.422 e. The second-order valence-corrected chi connectivity index (χ2v) is 18.3. The molecule has 0 N–H and O–H groups in total. The van der Waals surface area contributed by atoms with Gasteiger partial charge in [0.2, 0.25) is 0 Å². The van der Waals surface area contributed by atoms with Gasteiger partial charge in [-0.25, -0.2) is 0 Å². The molecule has 0 amide bonds. The smallest absolute Gasteiger partial charge is 0.307 e. The Morgan fingerprint density at radius 3 is 1.29 bits per heavy atom. The third kappa shape index (κ3) is 5.76. The van der Waals surface area contributed by atoms with Crippen LogP contribution < -0.4 is 0 Å². The van der Waals surface area contributed by atoms with Crippen LogP contribution in [0.3, 0.4) is 0 Å². The maximum Gasteiger partial charge on any atom is 0.307 e. The van der Waals surface area contributed by atoms with Crippen molar-refractivity contribution in [2.75, 3.05) is 0 Å². The molecule has 13 aromatic rings. The minimum atomic E-state index is 0.597. The van der Waals surface area contributed by atoms with E-state index < -0.39 is 0 Å². The van der Waals surface area contributed by atoms with E-state index in [0.717, 1.165) is 89.2 Å². The highest BCUT2D eigenvalue weighted by atomic mass is 16.4. The molecule has 4 heterocycles. The van der Waals surface area contributed by atoms with Crippen molar-refractivity contribution in [3.8, 4) is 123 Å². The molecule has 4 aromatic heterocycles. The van der Waals surface area contributed by atoms with Crippen LogP contribution in [0.2, 0.25) is 0 Å². The first-order valence-electron chi connectivity index (χ1n) is 23.7. The van der Waals surface area contributed by atoms with Crippen LogP contribution in [-0.2, 0) is 0 Å². The third-order valence-corrected chi connectivity index (χ3v) is 14.5. The normalized spacial score (nSPS) is 12.0. The summed E-state index contributed by atoms with van der Waals surface area (Å²) in [6.45, 7) is 0. The number of imidazole rings is 1. The van der Waals surface area contributed by atoms with Gasteiger partial charge in [0.25, 0.3) is 0 Å². The van der Waals surface area contributed by atoms with E-state index in [2.05, 4.69) is 192 Å². The summed E-state index contributed by atoms with van der Waals surface area (Å²) in [5.74, 6) is 0.597. The van der Waals surface area contributed by atoms with Gasteiger partial charge < -0.3 is 4.42 Å². The second-order valence-electron chi connectivity index (χ2n) is 18.3. The molecule has 0 bridgehead atoms. The standard InChI is InChI=1S/C65H38N4O/c1-4-18-48-47(17-1)51-30-27-42(37-58(51)55-23-12-34-67-63(55)62-54(48)22-11-33-66-62)40-14-9-13-39(35-40)41-28-31-52-53-32-29-43(44-21-10-26-61-64(44)70-65-68-59-24-7-8-25-60(59)69(61)65)38-57(53)50-20-6-3-16-46(50)45-15-2-5-19-49(45)56(52)36-41/h1-38H. The molecule has 0 fully saturated rings. The molecule has 0 saturated carbocycles. The van der Waals surface area contributed by atoms with Crippen LogP contribution >= 0.6 is 0 Å². The lowest BCUT2D eigenvalue weighted by atomic mass is 9.79. The molecule has 15 rings (SSSR count). The third-order valence-electron chi connectivity index (χ3n) is 14.5. The van der Waals surface area contributed by atoms with Crippen molar-refractivity contribution in [1.82, 2.24) is 19.4 Å². The molecule has 0 radical (unpaired) electrons. The van der Waals surface area contributed by atoms with Crippen LogP contribution in [0.1, 0.15) is 0 Å². The van der Waals surface area contributed by atoms with Crippen molar-refractivity contribution >= 4 is 28.0 Å². The molecule has 324 valence electrons. The van der Waals surface area contributed by atoms with Crippen LogP contribution in [0.25, 0.3) is 151 Å². The molecular weight excluding hydrogens is 853 g/mol. The van der Waals surface area contributed by atoms with Crippen molar-refractivity contribution in [1.29, 1.82) is 0 Å². The Kier molecular flexibility index (Phi) is 8.29. The number of aromatic nitrogens is 4. The summed E-state index contributed by atoms with van der Waals surface area (Å²) >= 11 is 0. The van der Waals surface area contributed by atoms with E-state index in [9.17, 15) is 0 Å². The lowest BCUT2D eigenvalue weighted by Gasteiger charge is -2.24. The number of oxazole rings is 1. The number of nitrogens with zero attached hydrogens (tertiary/aromatic N) is 4. The van der Waals surface area contributed by atoms with E-state index in [1.807, 2.05) is 42.7 Å². The minimum Gasteiger partial charge on any atom is -0.422 e. The van der Waals surface area contributed by atoms with Crippen LogP contribution in [0, 0.1) is 0 Å². The van der Waals surface area contributed by atoms with Gasteiger partial charge in [0.05, 0.1) is 27.9 Å². The zero-order valence-corrected chi connectivity index (χ0v) is 37.6. The van der Waals surface area contributed by atoms with Gasteiger partial charge in [-0.1, -0.05) is 164 Å². The van der Waals surface area contributed by atoms with E-state index in [1.165, 1.54) is 55.6 Å². The van der Waals surface area contributed by atoms with Crippen molar-refractivity contribution in [3.63, 3.8) is 0 Å². The van der Waals surface area contributed by atoms with E-state index in [1.54, 1.807) is 0 Å². The topological polar surface area (TPSA) is 56.2 Å². The molecule has 0 saturated heterocycles. The van der Waals surface area contributed by atoms with E-state index in [4.69, 9.17) is 19.4 Å². The van der Waals surface area contributed by atoms with E-state index in [0.29, 0.717) is 5.84 Å². The molecule has 0 atom stereocenters. The van der Waals surface area contributed by atoms with Crippen molar-refractivity contribution < 1.29 is 4.42 Å². The predicted molar refractivity (Wildman–Crippen MR) is 285 cm³/mol. The Labute approximate surface area is 403 Å². The number of pyridine rings is 2. The van der Waals surface area contributed by atoms with Crippen LogP contribution in [-0.4, -0.2) is 19.4 Å². The summed E-state index contributed by atoms with van der Waals surface area (Å²) in [5, 5.41) is 0. The summed E-state index contributed by atoms with van der Waals surface area (Å²) in [5.41, 5.74) is 28.6. The highest BCUT2D eigenvalue weighted by Gasteiger charge is 2.26. The fraction of sp³-hybridized carbons (Fsp3) is 0. The monoisotopic (exact) mass is 890 g/mol. The Balaban J connectivity index is 0.874.